The molecule has 0 saturated carbocycles. The third-order valence-electron chi connectivity index (χ3n) is 3.32. The fourth-order valence-electron chi connectivity index (χ4n) is 2.31. The molecule has 0 unspecified atom stereocenters. The van der Waals surface area contributed by atoms with E-state index in [0.29, 0.717) is 12.5 Å². The zero-order valence-corrected chi connectivity index (χ0v) is 16.2. The summed E-state index contributed by atoms with van der Waals surface area (Å²) in [6, 6.07) is 9.83. The standard InChI is InChI=1S/C16H21F2N5.HI/c1-11-8-12(2)23(22-11)14-7-5-4-6-13(14)9-20-16(19-3)21-10-15(17)18;/h4-8,15H,9-10H2,1-3H3,(H2,19,20,21);1H. The number of nitrogens with one attached hydrogen (secondary N) is 2. The van der Waals surface area contributed by atoms with Crippen molar-refractivity contribution in [3.05, 3.63) is 47.3 Å². The third-order valence-corrected chi connectivity index (χ3v) is 3.32. The Morgan fingerprint density at radius 3 is 2.54 bits per heavy atom. The van der Waals surface area contributed by atoms with Crippen molar-refractivity contribution >= 4 is 29.9 Å². The molecule has 24 heavy (non-hydrogen) atoms. The molecule has 1 aromatic carbocycles. The molecule has 0 aliphatic rings. The van der Waals surface area contributed by atoms with Crippen molar-refractivity contribution < 1.29 is 8.78 Å². The van der Waals surface area contributed by atoms with Crippen molar-refractivity contribution in [3.8, 4) is 5.69 Å². The van der Waals surface area contributed by atoms with Gasteiger partial charge in [-0.05, 0) is 31.5 Å². The lowest BCUT2D eigenvalue weighted by atomic mass is 10.1. The van der Waals surface area contributed by atoms with Gasteiger partial charge in [0.05, 0.1) is 17.9 Å². The SMILES string of the molecule is CN=C(NCc1ccccc1-n1nc(C)cc1C)NCC(F)F.I. The molecule has 2 rings (SSSR count). The van der Waals surface area contributed by atoms with Crippen molar-refractivity contribution in [1.82, 2.24) is 20.4 Å². The summed E-state index contributed by atoms with van der Waals surface area (Å²) in [4.78, 5) is 3.94. The highest BCUT2D eigenvalue weighted by Gasteiger charge is 2.10. The number of aromatic nitrogens is 2. The first-order valence-corrected chi connectivity index (χ1v) is 7.35. The lowest BCUT2D eigenvalue weighted by Gasteiger charge is -2.14. The number of aryl methyl sites for hydroxylation is 2. The average Bonchev–Trinajstić information content (AvgIpc) is 2.86. The Morgan fingerprint density at radius 2 is 1.96 bits per heavy atom. The first-order valence-electron chi connectivity index (χ1n) is 7.35. The molecule has 1 heterocycles. The minimum absolute atomic E-state index is 0. The first-order chi connectivity index (χ1) is 11.0. The molecule has 0 bridgehead atoms. The Balaban J connectivity index is 0.00000288. The molecule has 2 N–H and O–H groups in total. The summed E-state index contributed by atoms with van der Waals surface area (Å²) in [6.45, 7) is 3.96. The monoisotopic (exact) mass is 449 g/mol. The molecule has 0 amide bonds. The summed E-state index contributed by atoms with van der Waals surface area (Å²) in [6.07, 6.45) is -2.42. The molecule has 132 valence electrons. The van der Waals surface area contributed by atoms with E-state index in [9.17, 15) is 8.78 Å². The van der Waals surface area contributed by atoms with Gasteiger partial charge in [0.2, 0.25) is 0 Å². The number of para-hydroxylation sites is 1. The predicted octanol–water partition coefficient (Wildman–Crippen LogP) is 3.04. The van der Waals surface area contributed by atoms with Gasteiger partial charge in [-0.3, -0.25) is 4.99 Å². The number of halogens is 3. The van der Waals surface area contributed by atoms with Crippen LogP contribution in [0.3, 0.4) is 0 Å². The fraction of sp³-hybridized carbons (Fsp3) is 0.375. The number of hydrogen-bond acceptors (Lipinski definition) is 2. The second kappa shape index (κ2) is 9.55. The van der Waals surface area contributed by atoms with Gasteiger partial charge in [0, 0.05) is 19.3 Å². The zero-order chi connectivity index (χ0) is 16.8. The molecule has 5 nitrogen and oxygen atoms in total. The summed E-state index contributed by atoms with van der Waals surface area (Å²) in [5.74, 6) is 0.341. The molecule has 0 aliphatic heterocycles. The van der Waals surface area contributed by atoms with Crippen LogP contribution >= 0.6 is 24.0 Å². The zero-order valence-electron chi connectivity index (χ0n) is 13.9. The van der Waals surface area contributed by atoms with Crippen LogP contribution in [0.5, 0.6) is 0 Å². The Kier molecular flexibility index (Phi) is 8.09. The molecule has 1 aromatic heterocycles. The van der Waals surface area contributed by atoms with Gasteiger partial charge in [0.15, 0.2) is 5.96 Å². The van der Waals surface area contributed by atoms with Gasteiger partial charge in [-0.25, -0.2) is 13.5 Å². The Bertz CT molecular complexity index is 685. The van der Waals surface area contributed by atoms with Crippen LogP contribution in [0, 0.1) is 13.8 Å². The summed E-state index contributed by atoms with van der Waals surface area (Å²) in [5.41, 5.74) is 3.93. The van der Waals surface area contributed by atoms with E-state index in [-0.39, 0.29) is 24.0 Å². The van der Waals surface area contributed by atoms with Crippen molar-refractivity contribution in [2.24, 2.45) is 4.99 Å². The molecule has 0 fully saturated rings. The summed E-state index contributed by atoms with van der Waals surface area (Å²) >= 11 is 0. The maximum atomic E-state index is 12.3. The molecule has 0 spiro atoms. The van der Waals surface area contributed by atoms with Crippen LogP contribution in [-0.4, -0.2) is 35.8 Å². The molecule has 0 aliphatic carbocycles. The molecule has 0 saturated heterocycles. The van der Waals surface area contributed by atoms with Crippen LogP contribution in [0.2, 0.25) is 0 Å². The number of benzene rings is 1. The lowest BCUT2D eigenvalue weighted by molar-refractivity contribution is 0.152. The second-order valence-corrected chi connectivity index (χ2v) is 5.17. The van der Waals surface area contributed by atoms with Gasteiger partial charge in [0.25, 0.3) is 6.43 Å². The quantitative estimate of drug-likeness (QED) is 0.419. The van der Waals surface area contributed by atoms with Crippen molar-refractivity contribution in [2.45, 2.75) is 26.8 Å². The van der Waals surface area contributed by atoms with Crippen LogP contribution in [-0.2, 0) is 6.54 Å². The van der Waals surface area contributed by atoms with Crippen molar-refractivity contribution in [2.75, 3.05) is 13.6 Å². The molecule has 0 atom stereocenters. The normalized spacial score (nSPS) is 11.3. The van der Waals surface area contributed by atoms with E-state index in [4.69, 9.17) is 0 Å². The Hall–Kier alpha value is -1.71. The van der Waals surface area contributed by atoms with Gasteiger partial charge in [0.1, 0.15) is 0 Å². The minimum Gasteiger partial charge on any atom is -0.352 e. The van der Waals surface area contributed by atoms with E-state index in [1.165, 1.54) is 0 Å². The van der Waals surface area contributed by atoms with E-state index in [1.807, 2.05) is 48.9 Å². The summed E-state index contributed by atoms with van der Waals surface area (Å²) in [7, 11) is 1.55. The van der Waals surface area contributed by atoms with Gasteiger partial charge in [-0.1, -0.05) is 18.2 Å². The predicted molar refractivity (Wildman–Crippen MR) is 103 cm³/mol. The Labute approximate surface area is 157 Å². The average molecular weight is 449 g/mol. The van der Waals surface area contributed by atoms with Crippen LogP contribution in [0.1, 0.15) is 17.0 Å². The van der Waals surface area contributed by atoms with E-state index in [0.717, 1.165) is 22.6 Å². The van der Waals surface area contributed by atoms with E-state index in [2.05, 4.69) is 20.7 Å². The third kappa shape index (κ3) is 5.43. The highest BCUT2D eigenvalue weighted by Crippen LogP contribution is 2.16. The number of alkyl halides is 2. The topological polar surface area (TPSA) is 54.2 Å². The van der Waals surface area contributed by atoms with Gasteiger partial charge >= 0.3 is 0 Å². The molecule has 8 heteroatoms. The van der Waals surface area contributed by atoms with Crippen LogP contribution in [0.4, 0.5) is 8.78 Å². The Morgan fingerprint density at radius 1 is 1.25 bits per heavy atom. The van der Waals surface area contributed by atoms with Crippen LogP contribution in [0.15, 0.2) is 35.3 Å². The maximum absolute atomic E-state index is 12.3. The smallest absolute Gasteiger partial charge is 0.255 e. The maximum Gasteiger partial charge on any atom is 0.255 e. The molecular formula is C16H22F2IN5. The highest BCUT2D eigenvalue weighted by molar-refractivity contribution is 14.0. The van der Waals surface area contributed by atoms with Crippen molar-refractivity contribution in [3.63, 3.8) is 0 Å². The second-order valence-electron chi connectivity index (χ2n) is 5.17. The van der Waals surface area contributed by atoms with Crippen molar-refractivity contribution in [1.29, 1.82) is 0 Å². The van der Waals surface area contributed by atoms with Gasteiger partial charge < -0.3 is 10.6 Å². The number of aliphatic imine (C=N–C) groups is 1. The van der Waals surface area contributed by atoms with Crippen LogP contribution < -0.4 is 10.6 Å². The minimum atomic E-state index is -2.42. The molecular weight excluding hydrogens is 427 g/mol. The summed E-state index contributed by atoms with van der Waals surface area (Å²) in [5, 5.41) is 10.1. The first kappa shape index (κ1) is 20.3. The van der Waals surface area contributed by atoms with Crippen LogP contribution in [0.25, 0.3) is 5.69 Å². The lowest BCUT2D eigenvalue weighted by Crippen LogP contribution is -2.39. The fourth-order valence-corrected chi connectivity index (χ4v) is 2.31. The number of rotatable bonds is 5. The van der Waals surface area contributed by atoms with Gasteiger partial charge in [-0.15, -0.1) is 24.0 Å². The molecule has 2 aromatic rings. The number of guanidine groups is 1. The number of nitrogens with zero attached hydrogens (tertiary/aromatic N) is 3. The van der Waals surface area contributed by atoms with E-state index >= 15 is 0 Å². The largest absolute Gasteiger partial charge is 0.352 e. The summed E-state index contributed by atoms with van der Waals surface area (Å²) < 4.78 is 26.4. The van der Waals surface area contributed by atoms with Gasteiger partial charge in [-0.2, -0.15) is 5.10 Å². The van der Waals surface area contributed by atoms with E-state index < -0.39 is 13.0 Å². The van der Waals surface area contributed by atoms with E-state index in [1.54, 1.807) is 7.05 Å². The highest BCUT2D eigenvalue weighted by atomic mass is 127. The molecule has 0 radical (unpaired) electrons. The number of hydrogen-bond donors (Lipinski definition) is 2.